The van der Waals surface area contributed by atoms with Gasteiger partial charge in [0.15, 0.2) is 5.82 Å². The Morgan fingerprint density at radius 3 is 2.55 bits per heavy atom. The molecule has 20 heavy (non-hydrogen) atoms. The largest absolute Gasteiger partial charge is 0.325 e. The minimum absolute atomic E-state index is 0.111. The van der Waals surface area contributed by atoms with Crippen LogP contribution in [0.1, 0.15) is 38.5 Å². The van der Waals surface area contributed by atoms with Gasteiger partial charge in [0.1, 0.15) is 5.82 Å². The smallest absolute Gasteiger partial charge is 0.226 e. The van der Waals surface area contributed by atoms with Crippen molar-refractivity contribution in [2.75, 3.05) is 5.32 Å². The first-order valence-corrected chi connectivity index (χ1v) is 7.01. The highest BCUT2D eigenvalue weighted by Crippen LogP contribution is 2.30. The molecule has 1 aliphatic carbocycles. The second kappa shape index (κ2) is 6.06. The van der Waals surface area contributed by atoms with Crippen molar-refractivity contribution in [1.82, 2.24) is 0 Å². The van der Waals surface area contributed by atoms with Crippen LogP contribution >= 0.6 is 11.6 Å². The molecule has 1 amide bonds. The van der Waals surface area contributed by atoms with Crippen LogP contribution in [0.5, 0.6) is 0 Å². The van der Waals surface area contributed by atoms with Crippen molar-refractivity contribution in [3.63, 3.8) is 0 Å². The van der Waals surface area contributed by atoms with Gasteiger partial charge in [0, 0.05) is 18.0 Å². The molecule has 3 nitrogen and oxygen atoms in total. The summed E-state index contributed by atoms with van der Waals surface area (Å²) >= 11 is 5.73. The van der Waals surface area contributed by atoms with Crippen LogP contribution in [0.2, 0.25) is 5.02 Å². The maximum absolute atomic E-state index is 13.6. The molecule has 0 heterocycles. The number of rotatable bonds is 3. The van der Waals surface area contributed by atoms with Gasteiger partial charge < -0.3 is 11.1 Å². The molecule has 0 atom stereocenters. The van der Waals surface area contributed by atoms with Crippen molar-refractivity contribution < 1.29 is 13.6 Å². The predicted molar refractivity (Wildman–Crippen MR) is 74.6 cm³/mol. The van der Waals surface area contributed by atoms with Crippen LogP contribution in [0, 0.1) is 11.6 Å². The first-order valence-electron chi connectivity index (χ1n) is 6.63. The molecular formula is C14H17ClF2N2O. The van der Waals surface area contributed by atoms with E-state index >= 15 is 0 Å². The number of hydrogen-bond donors (Lipinski definition) is 2. The topological polar surface area (TPSA) is 55.1 Å². The zero-order valence-corrected chi connectivity index (χ0v) is 11.8. The van der Waals surface area contributed by atoms with Crippen molar-refractivity contribution in [3.8, 4) is 0 Å². The molecule has 0 radical (unpaired) electrons. The summed E-state index contributed by atoms with van der Waals surface area (Å²) < 4.78 is 26.5. The molecular weight excluding hydrogens is 286 g/mol. The van der Waals surface area contributed by atoms with Gasteiger partial charge in [-0.3, -0.25) is 4.79 Å². The third-order valence-electron chi connectivity index (χ3n) is 3.63. The first-order chi connectivity index (χ1) is 9.39. The van der Waals surface area contributed by atoms with E-state index in [1.807, 2.05) is 0 Å². The lowest BCUT2D eigenvalue weighted by molar-refractivity contribution is -0.117. The van der Waals surface area contributed by atoms with E-state index in [-0.39, 0.29) is 17.1 Å². The fourth-order valence-corrected chi connectivity index (χ4v) is 2.84. The SMILES string of the molecule is NC1(CC(=O)Nc2c(F)cc(F)cc2Cl)CCCCC1. The van der Waals surface area contributed by atoms with Crippen LogP contribution in [0.3, 0.4) is 0 Å². The van der Waals surface area contributed by atoms with Crippen molar-refractivity contribution in [1.29, 1.82) is 0 Å². The first kappa shape index (κ1) is 15.2. The summed E-state index contributed by atoms with van der Waals surface area (Å²) in [6.45, 7) is 0. The number of benzene rings is 1. The molecule has 1 aromatic rings. The molecule has 2 rings (SSSR count). The van der Waals surface area contributed by atoms with E-state index in [0.717, 1.165) is 38.2 Å². The summed E-state index contributed by atoms with van der Waals surface area (Å²) in [5.41, 5.74) is 5.43. The lowest BCUT2D eigenvalue weighted by Gasteiger charge is -2.32. The number of hydrogen-bond acceptors (Lipinski definition) is 2. The summed E-state index contributed by atoms with van der Waals surface area (Å²) in [6, 6.07) is 1.64. The highest BCUT2D eigenvalue weighted by molar-refractivity contribution is 6.33. The van der Waals surface area contributed by atoms with Gasteiger partial charge in [-0.2, -0.15) is 0 Å². The molecule has 0 unspecified atom stereocenters. The molecule has 0 saturated heterocycles. The Labute approximate surface area is 121 Å². The number of carbonyl (C=O) groups excluding carboxylic acids is 1. The van der Waals surface area contributed by atoms with Crippen LogP contribution in [-0.4, -0.2) is 11.4 Å². The fraction of sp³-hybridized carbons (Fsp3) is 0.500. The van der Waals surface area contributed by atoms with Gasteiger partial charge in [-0.05, 0) is 18.9 Å². The lowest BCUT2D eigenvalue weighted by Crippen LogP contribution is -2.44. The standard InChI is InChI=1S/C14H17ClF2N2O/c15-10-6-9(16)7-11(17)13(10)19-12(20)8-14(18)4-2-1-3-5-14/h6-7H,1-5,8,18H2,(H,19,20). The van der Waals surface area contributed by atoms with E-state index in [1.54, 1.807) is 0 Å². The van der Waals surface area contributed by atoms with Crippen LogP contribution in [0.4, 0.5) is 14.5 Å². The second-order valence-electron chi connectivity index (χ2n) is 5.39. The van der Waals surface area contributed by atoms with Gasteiger partial charge in [-0.15, -0.1) is 0 Å². The average Bonchev–Trinajstić information content (AvgIpc) is 2.34. The molecule has 0 aliphatic heterocycles. The number of nitrogens with two attached hydrogens (primary N) is 1. The third kappa shape index (κ3) is 3.67. The molecule has 0 bridgehead atoms. The van der Waals surface area contributed by atoms with E-state index in [4.69, 9.17) is 17.3 Å². The van der Waals surface area contributed by atoms with E-state index in [2.05, 4.69) is 5.32 Å². The minimum Gasteiger partial charge on any atom is -0.325 e. The maximum Gasteiger partial charge on any atom is 0.226 e. The summed E-state index contributed by atoms with van der Waals surface area (Å²) in [4.78, 5) is 12.0. The molecule has 0 aromatic heterocycles. The molecule has 0 spiro atoms. The quantitative estimate of drug-likeness (QED) is 0.896. The molecule has 1 fully saturated rings. The van der Waals surface area contributed by atoms with Gasteiger partial charge in [-0.25, -0.2) is 8.78 Å². The van der Waals surface area contributed by atoms with E-state index < -0.39 is 23.1 Å². The molecule has 6 heteroatoms. The maximum atomic E-state index is 13.6. The second-order valence-corrected chi connectivity index (χ2v) is 5.80. The Balaban J connectivity index is 2.05. The predicted octanol–water partition coefficient (Wildman–Crippen LogP) is 3.61. The molecule has 1 saturated carbocycles. The summed E-state index contributed by atoms with van der Waals surface area (Å²) in [5.74, 6) is -2.08. The molecule has 1 aromatic carbocycles. The summed E-state index contributed by atoms with van der Waals surface area (Å²) in [6.07, 6.45) is 4.78. The lowest BCUT2D eigenvalue weighted by atomic mass is 9.80. The van der Waals surface area contributed by atoms with Gasteiger partial charge in [0.05, 0.1) is 10.7 Å². The number of amides is 1. The van der Waals surface area contributed by atoms with Crippen molar-refractivity contribution >= 4 is 23.2 Å². The zero-order valence-electron chi connectivity index (χ0n) is 11.0. The number of halogens is 3. The van der Waals surface area contributed by atoms with Gasteiger partial charge >= 0.3 is 0 Å². The number of anilines is 1. The van der Waals surface area contributed by atoms with Crippen LogP contribution in [0.25, 0.3) is 0 Å². The van der Waals surface area contributed by atoms with Gasteiger partial charge in [0.2, 0.25) is 5.91 Å². The normalized spacial score (nSPS) is 17.8. The van der Waals surface area contributed by atoms with Crippen molar-refractivity contribution in [3.05, 3.63) is 28.8 Å². The summed E-state index contributed by atoms with van der Waals surface area (Å²) in [5, 5.41) is 2.22. The Morgan fingerprint density at radius 2 is 1.95 bits per heavy atom. The van der Waals surface area contributed by atoms with E-state index in [0.29, 0.717) is 6.07 Å². The Hall–Kier alpha value is -1.20. The third-order valence-corrected chi connectivity index (χ3v) is 3.93. The van der Waals surface area contributed by atoms with E-state index in [1.165, 1.54) is 0 Å². The minimum atomic E-state index is -0.891. The zero-order chi connectivity index (χ0) is 14.8. The van der Waals surface area contributed by atoms with Gasteiger partial charge in [0.25, 0.3) is 0 Å². The monoisotopic (exact) mass is 302 g/mol. The van der Waals surface area contributed by atoms with Crippen LogP contribution < -0.4 is 11.1 Å². The average molecular weight is 303 g/mol. The highest BCUT2D eigenvalue weighted by atomic mass is 35.5. The van der Waals surface area contributed by atoms with E-state index in [9.17, 15) is 13.6 Å². The Kier molecular flexibility index (Phi) is 4.60. The summed E-state index contributed by atoms with van der Waals surface area (Å²) in [7, 11) is 0. The number of nitrogens with one attached hydrogen (secondary N) is 1. The number of carbonyl (C=O) groups is 1. The van der Waals surface area contributed by atoms with Crippen molar-refractivity contribution in [2.24, 2.45) is 5.73 Å². The fourth-order valence-electron chi connectivity index (χ4n) is 2.60. The van der Waals surface area contributed by atoms with Crippen LogP contribution in [0.15, 0.2) is 12.1 Å². The molecule has 1 aliphatic rings. The highest BCUT2D eigenvalue weighted by Gasteiger charge is 2.30. The Bertz CT molecular complexity index is 493. The molecule has 110 valence electrons. The van der Waals surface area contributed by atoms with Crippen LogP contribution in [-0.2, 0) is 4.79 Å². The Morgan fingerprint density at radius 1 is 1.30 bits per heavy atom. The molecule has 3 N–H and O–H groups in total. The van der Waals surface area contributed by atoms with Crippen molar-refractivity contribution in [2.45, 2.75) is 44.1 Å². The van der Waals surface area contributed by atoms with Gasteiger partial charge in [-0.1, -0.05) is 30.9 Å².